The van der Waals surface area contributed by atoms with Gasteiger partial charge in [-0.25, -0.2) is 9.18 Å². The molecule has 0 saturated carbocycles. The van der Waals surface area contributed by atoms with Gasteiger partial charge in [0.25, 0.3) is 0 Å². The predicted molar refractivity (Wildman–Crippen MR) is 141 cm³/mol. The van der Waals surface area contributed by atoms with E-state index >= 15 is 0 Å². The number of urea groups is 1. The highest BCUT2D eigenvalue weighted by atomic mass is 19.4. The Bertz CT molecular complexity index is 1270. The average molecular weight is 544 g/mol. The first-order chi connectivity index (χ1) is 18.4. The lowest BCUT2D eigenvalue weighted by Crippen LogP contribution is -2.57. The number of rotatable bonds is 7. The second-order valence-corrected chi connectivity index (χ2v) is 10.5. The Kier molecular flexibility index (Phi) is 7.91. The molecule has 2 atom stereocenters. The van der Waals surface area contributed by atoms with Crippen molar-refractivity contribution in [3.8, 4) is 0 Å². The summed E-state index contributed by atoms with van der Waals surface area (Å²) in [7, 11) is 1.49. The second-order valence-electron chi connectivity index (χ2n) is 10.5. The van der Waals surface area contributed by atoms with Crippen molar-refractivity contribution in [2.45, 2.75) is 51.0 Å². The first kappa shape index (κ1) is 28.4. The smallest absolute Gasteiger partial charge is 0.335 e. The van der Waals surface area contributed by atoms with E-state index in [2.05, 4.69) is 13.2 Å². The van der Waals surface area contributed by atoms with Crippen molar-refractivity contribution >= 4 is 11.9 Å². The third-order valence-electron chi connectivity index (χ3n) is 7.85. The zero-order valence-corrected chi connectivity index (χ0v) is 22.2. The second kappa shape index (κ2) is 10.9. The molecule has 0 unspecified atom stereocenters. The molecule has 3 amide bonds. The number of benzene rings is 2. The van der Waals surface area contributed by atoms with E-state index in [0.717, 1.165) is 23.3 Å². The van der Waals surface area contributed by atoms with Crippen LogP contribution in [0.4, 0.5) is 22.4 Å². The van der Waals surface area contributed by atoms with Gasteiger partial charge in [-0.05, 0) is 61.1 Å². The lowest BCUT2D eigenvalue weighted by Gasteiger charge is -2.46. The number of halogens is 4. The van der Waals surface area contributed by atoms with Crippen LogP contribution in [0.3, 0.4) is 0 Å². The largest absolute Gasteiger partial charge is 0.416 e. The number of hydrogen-bond acceptors (Lipinski definition) is 2. The van der Waals surface area contributed by atoms with Crippen LogP contribution in [0.2, 0.25) is 0 Å². The molecule has 0 N–H and O–H groups in total. The SMILES string of the molecule is C=CCC1(CC=C)C[C@H]2[C@H](c3ccccc3C)N(C(=O)N(C)Cc3cc(F)cc(C(F)(F)F)c3)CCN2C1=O. The van der Waals surface area contributed by atoms with E-state index in [1.165, 1.54) is 11.9 Å². The molecule has 0 spiro atoms. The molecule has 5 nitrogen and oxygen atoms in total. The summed E-state index contributed by atoms with van der Waals surface area (Å²) in [6.45, 7) is 10.0. The molecule has 4 rings (SSSR count). The minimum atomic E-state index is -4.70. The normalized spacial score (nSPS) is 20.5. The maximum atomic E-state index is 14.0. The van der Waals surface area contributed by atoms with Gasteiger partial charge in [-0.1, -0.05) is 36.4 Å². The van der Waals surface area contributed by atoms with Gasteiger partial charge >= 0.3 is 12.2 Å². The number of hydrogen-bond donors (Lipinski definition) is 0. The number of nitrogens with zero attached hydrogens (tertiary/aromatic N) is 3. The summed E-state index contributed by atoms with van der Waals surface area (Å²) in [5, 5.41) is 0. The molecule has 0 radical (unpaired) electrons. The molecule has 2 fully saturated rings. The van der Waals surface area contributed by atoms with Crippen molar-refractivity contribution < 1.29 is 27.2 Å². The zero-order valence-electron chi connectivity index (χ0n) is 22.2. The van der Waals surface area contributed by atoms with Crippen LogP contribution in [0.15, 0.2) is 67.8 Å². The van der Waals surface area contributed by atoms with Gasteiger partial charge in [0.2, 0.25) is 5.91 Å². The van der Waals surface area contributed by atoms with Gasteiger partial charge in [-0.2, -0.15) is 13.2 Å². The van der Waals surface area contributed by atoms with E-state index in [0.29, 0.717) is 31.9 Å². The van der Waals surface area contributed by atoms with Crippen LogP contribution in [0.5, 0.6) is 0 Å². The molecule has 0 bridgehead atoms. The Morgan fingerprint density at radius 3 is 2.41 bits per heavy atom. The van der Waals surface area contributed by atoms with Crippen molar-refractivity contribution in [2.24, 2.45) is 5.41 Å². The van der Waals surface area contributed by atoms with Gasteiger partial charge in [-0.15, -0.1) is 13.2 Å². The molecular weight excluding hydrogens is 510 g/mol. The van der Waals surface area contributed by atoms with Crippen LogP contribution in [0, 0.1) is 18.2 Å². The molecule has 0 aliphatic carbocycles. The number of fused-ring (bicyclic) bond motifs is 1. The highest BCUT2D eigenvalue weighted by molar-refractivity contribution is 5.87. The number of alkyl halides is 3. The summed E-state index contributed by atoms with van der Waals surface area (Å²) in [4.78, 5) is 32.4. The lowest BCUT2D eigenvalue weighted by atomic mass is 9.76. The maximum absolute atomic E-state index is 14.0. The first-order valence-electron chi connectivity index (χ1n) is 12.9. The van der Waals surface area contributed by atoms with Gasteiger partial charge in [0.1, 0.15) is 5.82 Å². The van der Waals surface area contributed by atoms with Crippen molar-refractivity contribution in [2.75, 3.05) is 20.1 Å². The van der Waals surface area contributed by atoms with Crippen LogP contribution >= 0.6 is 0 Å². The van der Waals surface area contributed by atoms with Gasteiger partial charge in [0.15, 0.2) is 0 Å². The number of allylic oxidation sites excluding steroid dienone is 2. The molecule has 9 heteroatoms. The van der Waals surface area contributed by atoms with E-state index in [-0.39, 0.29) is 30.6 Å². The molecule has 2 heterocycles. The summed E-state index contributed by atoms with van der Waals surface area (Å²) >= 11 is 0. The lowest BCUT2D eigenvalue weighted by molar-refractivity contribution is -0.139. The van der Waals surface area contributed by atoms with Gasteiger partial charge in [-0.3, -0.25) is 4.79 Å². The number of piperazine rings is 1. The minimum Gasteiger partial charge on any atom is -0.335 e. The van der Waals surface area contributed by atoms with Crippen molar-refractivity contribution in [1.29, 1.82) is 0 Å². The van der Waals surface area contributed by atoms with Gasteiger partial charge in [0, 0.05) is 26.7 Å². The fourth-order valence-electron chi connectivity index (χ4n) is 6.12. The van der Waals surface area contributed by atoms with Gasteiger partial charge in [0.05, 0.1) is 23.1 Å². The van der Waals surface area contributed by atoms with Crippen LogP contribution in [0.1, 0.15) is 47.6 Å². The number of carbonyl (C=O) groups excluding carboxylic acids is 2. The topological polar surface area (TPSA) is 43.9 Å². The monoisotopic (exact) mass is 543 g/mol. The fourth-order valence-corrected chi connectivity index (χ4v) is 6.12. The van der Waals surface area contributed by atoms with Crippen LogP contribution in [-0.2, 0) is 17.5 Å². The maximum Gasteiger partial charge on any atom is 0.416 e. The van der Waals surface area contributed by atoms with Crippen LogP contribution in [-0.4, -0.2) is 52.8 Å². The standard InChI is InChI=1S/C30H33F4N3O2/c1-5-11-29(12-6-2)18-25-26(24-10-8-7-9-20(24)3)37(14-13-36(25)27(29)38)28(39)35(4)19-21-15-22(30(32,33)34)17-23(31)16-21/h5-10,15-17,25-26H,1-2,11-14,18-19H2,3-4H3/t25-,26-/m0/s1. The quantitative estimate of drug-likeness (QED) is 0.296. The third-order valence-corrected chi connectivity index (χ3v) is 7.85. The van der Waals surface area contributed by atoms with Gasteiger partial charge < -0.3 is 14.7 Å². The summed E-state index contributed by atoms with van der Waals surface area (Å²) in [6.07, 6.45) is 0.265. The first-order valence-corrected chi connectivity index (χ1v) is 12.9. The summed E-state index contributed by atoms with van der Waals surface area (Å²) in [5.41, 5.74) is 0.114. The van der Waals surface area contributed by atoms with E-state index in [1.807, 2.05) is 36.1 Å². The van der Waals surface area contributed by atoms with E-state index < -0.39 is 35.0 Å². The Hall–Kier alpha value is -3.62. The summed E-state index contributed by atoms with van der Waals surface area (Å²) < 4.78 is 53.7. The Morgan fingerprint density at radius 2 is 1.79 bits per heavy atom. The number of aryl methyl sites for hydroxylation is 1. The van der Waals surface area contributed by atoms with E-state index in [1.54, 1.807) is 17.1 Å². The Labute approximate surface area is 226 Å². The van der Waals surface area contributed by atoms with Crippen LogP contribution in [0.25, 0.3) is 0 Å². The predicted octanol–water partition coefficient (Wildman–Crippen LogP) is 6.50. The van der Waals surface area contributed by atoms with E-state index in [9.17, 15) is 27.2 Å². The van der Waals surface area contributed by atoms with Crippen LogP contribution < -0.4 is 0 Å². The van der Waals surface area contributed by atoms with Crippen molar-refractivity contribution in [3.63, 3.8) is 0 Å². The van der Waals surface area contributed by atoms with E-state index in [4.69, 9.17) is 0 Å². The molecule has 2 aliphatic rings. The van der Waals surface area contributed by atoms with Crippen molar-refractivity contribution in [1.82, 2.24) is 14.7 Å². The average Bonchev–Trinajstić information content (AvgIpc) is 3.14. The molecule has 2 aromatic carbocycles. The molecule has 208 valence electrons. The number of carbonyl (C=O) groups is 2. The molecule has 0 aromatic heterocycles. The zero-order chi connectivity index (χ0) is 28.5. The molecule has 2 saturated heterocycles. The molecule has 39 heavy (non-hydrogen) atoms. The fraction of sp³-hybridized carbons (Fsp3) is 0.400. The highest BCUT2D eigenvalue weighted by Crippen LogP contribution is 2.49. The Balaban J connectivity index is 1.68. The molecule has 2 aromatic rings. The third kappa shape index (κ3) is 5.44. The minimum absolute atomic E-state index is 0.0192. The Morgan fingerprint density at radius 1 is 1.13 bits per heavy atom. The summed E-state index contributed by atoms with van der Waals surface area (Å²) in [5.74, 6) is -0.997. The highest BCUT2D eigenvalue weighted by Gasteiger charge is 2.56. The molecule has 2 aliphatic heterocycles. The molecular formula is C30H33F4N3O2. The number of amides is 3. The summed E-state index contributed by atoms with van der Waals surface area (Å²) in [6, 6.07) is 8.82. The van der Waals surface area contributed by atoms with Crippen molar-refractivity contribution in [3.05, 3.63) is 95.8 Å².